The minimum absolute atomic E-state index is 0.537. The van der Waals surface area contributed by atoms with Crippen LogP contribution in [0.4, 0.5) is 0 Å². The number of hydrogen-bond acceptors (Lipinski definition) is 4. The maximum absolute atomic E-state index is 5.52. The van der Waals surface area contributed by atoms with Crippen LogP contribution in [0, 0.1) is 0 Å². The Bertz CT molecular complexity index is 324. The summed E-state index contributed by atoms with van der Waals surface area (Å²) in [6.07, 6.45) is 0. The quantitative estimate of drug-likeness (QED) is 0.734. The summed E-state index contributed by atoms with van der Waals surface area (Å²) in [5.74, 6) is 1.97. The van der Waals surface area contributed by atoms with E-state index in [-0.39, 0.29) is 0 Å². The van der Waals surface area contributed by atoms with Crippen molar-refractivity contribution in [3.05, 3.63) is 17.7 Å². The highest BCUT2D eigenvalue weighted by molar-refractivity contribution is 5.53. The van der Waals surface area contributed by atoms with Gasteiger partial charge in [-0.15, -0.1) is 0 Å². The number of benzene rings is 1. The molecule has 0 fully saturated rings. The maximum Gasteiger partial charge on any atom is 0.203 e. The van der Waals surface area contributed by atoms with E-state index in [1.807, 2.05) is 26.0 Å². The van der Waals surface area contributed by atoms with Crippen molar-refractivity contribution in [2.45, 2.75) is 20.5 Å². The van der Waals surface area contributed by atoms with E-state index in [4.69, 9.17) is 18.9 Å². The molecule has 0 aromatic heterocycles. The van der Waals surface area contributed by atoms with Gasteiger partial charge in [-0.25, -0.2) is 0 Å². The predicted octanol–water partition coefficient (Wildman–Crippen LogP) is 2.64. The Morgan fingerprint density at radius 2 is 1.53 bits per heavy atom. The molecule has 0 amide bonds. The first-order chi connectivity index (χ1) is 8.26. The average Bonchev–Trinajstić information content (AvgIpc) is 2.37. The molecule has 4 nitrogen and oxygen atoms in total. The second-order valence-electron chi connectivity index (χ2n) is 3.40. The summed E-state index contributed by atoms with van der Waals surface area (Å²) in [6, 6.07) is 3.81. The topological polar surface area (TPSA) is 36.9 Å². The van der Waals surface area contributed by atoms with Crippen LogP contribution >= 0.6 is 0 Å². The zero-order valence-corrected chi connectivity index (χ0v) is 10.9. The molecule has 0 bridgehead atoms. The van der Waals surface area contributed by atoms with Crippen LogP contribution in [0.3, 0.4) is 0 Å². The minimum Gasteiger partial charge on any atom is -0.493 e. The molecule has 0 unspecified atom stereocenters. The maximum atomic E-state index is 5.52. The Kier molecular flexibility index (Phi) is 5.63. The fraction of sp³-hybridized carbons (Fsp3) is 0.538. The third-order valence-electron chi connectivity index (χ3n) is 2.28. The highest BCUT2D eigenvalue weighted by atomic mass is 16.5. The SMILES string of the molecule is CCOCc1cc(OC)c(OCC)c(OC)c1. The fourth-order valence-corrected chi connectivity index (χ4v) is 1.52. The summed E-state index contributed by atoms with van der Waals surface area (Å²) in [6.45, 7) is 5.67. The second kappa shape index (κ2) is 7.01. The van der Waals surface area contributed by atoms with Gasteiger partial charge in [-0.3, -0.25) is 0 Å². The van der Waals surface area contributed by atoms with Crippen LogP contribution in [0.5, 0.6) is 17.2 Å². The molecule has 1 aromatic carbocycles. The Hall–Kier alpha value is -1.42. The van der Waals surface area contributed by atoms with Gasteiger partial charge < -0.3 is 18.9 Å². The lowest BCUT2D eigenvalue weighted by Gasteiger charge is -2.15. The molecule has 0 N–H and O–H groups in total. The van der Waals surface area contributed by atoms with E-state index in [0.29, 0.717) is 37.1 Å². The molecule has 0 aliphatic carbocycles. The highest BCUT2D eigenvalue weighted by Crippen LogP contribution is 2.38. The molecule has 0 saturated carbocycles. The van der Waals surface area contributed by atoms with Gasteiger partial charge >= 0.3 is 0 Å². The van der Waals surface area contributed by atoms with Gasteiger partial charge in [-0.05, 0) is 31.5 Å². The lowest BCUT2D eigenvalue weighted by Crippen LogP contribution is -2.01. The van der Waals surface area contributed by atoms with Crippen LogP contribution in [0.15, 0.2) is 12.1 Å². The molecule has 0 aliphatic rings. The van der Waals surface area contributed by atoms with Gasteiger partial charge in [0.05, 0.1) is 27.4 Å². The van der Waals surface area contributed by atoms with E-state index < -0.39 is 0 Å². The Morgan fingerprint density at radius 1 is 0.941 bits per heavy atom. The van der Waals surface area contributed by atoms with Gasteiger partial charge in [0.2, 0.25) is 5.75 Å². The monoisotopic (exact) mass is 240 g/mol. The molecule has 0 spiro atoms. The van der Waals surface area contributed by atoms with Crippen molar-refractivity contribution < 1.29 is 18.9 Å². The van der Waals surface area contributed by atoms with Crippen molar-refractivity contribution >= 4 is 0 Å². The van der Waals surface area contributed by atoms with Crippen LogP contribution in [-0.2, 0) is 11.3 Å². The summed E-state index contributed by atoms with van der Waals surface area (Å²) in [5, 5.41) is 0. The van der Waals surface area contributed by atoms with Gasteiger partial charge in [0.1, 0.15) is 0 Å². The largest absolute Gasteiger partial charge is 0.493 e. The molecule has 1 aromatic rings. The smallest absolute Gasteiger partial charge is 0.203 e. The summed E-state index contributed by atoms with van der Waals surface area (Å²) >= 11 is 0. The van der Waals surface area contributed by atoms with Crippen molar-refractivity contribution in [1.29, 1.82) is 0 Å². The first kappa shape index (κ1) is 13.6. The minimum atomic E-state index is 0.537. The standard InChI is InChI=1S/C13H20O4/c1-5-16-9-10-7-11(14-3)13(17-6-2)12(8-10)15-4/h7-8H,5-6,9H2,1-4H3. The molecule has 0 saturated heterocycles. The molecule has 4 heteroatoms. The summed E-state index contributed by atoms with van der Waals surface area (Å²) < 4.78 is 21.5. The molecule has 17 heavy (non-hydrogen) atoms. The number of methoxy groups -OCH3 is 2. The molecule has 0 atom stereocenters. The molecule has 96 valence electrons. The number of hydrogen-bond donors (Lipinski definition) is 0. The van der Waals surface area contributed by atoms with Crippen molar-refractivity contribution in [3.8, 4) is 17.2 Å². The van der Waals surface area contributed by atoms with Crippen LogP contribution in [0.2, 0.25) is 0 Å². The Labute approximate surface area is 102 Å². The molecular formula is C13H20O4. The van der Waals surface area contributed by atoms with Crippen LogP contribution in [-0.4, -0.2) is 27.4 Å². The van der Waals surface area contributed by atoms with E-state index in [9.17, 15) is 0 Å². The first-order valence-electron chi connectivity index (χ1n) is 5.72. The van der Waals surface area contributed by atoms with Crippen LogP contribution < -0.4 is 14.2 Å². The summed E-state index contributed by atoms with van der Waals surface area (Å²) in [5.41, 5.74) is 1.00. The Morgan fingerprint density at radius 3 is 1.94 bits per heavy atom. The van der Waals surface area contributed by atoms with E-state index in [1.165, 1.54) is 0 Å². The number of rotatable bonds is 7. The van der Waals surface area contributed by atoms with Gasteiger partial charge in [-0.2, -0.15) is 0 Å². The van der Waals surface area contributed by atoms with Crippen LogP contribution in [0.1, 0.15) is 19.4 Å². The molecular weight excluding hydrogens is 220 g/mol. The lowest BCUT2D eigenvalue weighted by atomic mass is 10.2. The molecule has 0 heterocycles. The lowest BCUT2D eigenvalue weighted by molar-refractivity contribution is 0.133. The van der Waals surface area contributed by atoms with Gasteiger partial charge in [0.25, 0.3) is 0 Å². The second-order valence-corrected chi connectivity index (χ2v) is 3.40. The third kappa shape index (κ3) is 3.53. The average molecular weight is 240 g/mol. The fourth-order valence-electron chi connectivity index (χ4n) is 1.52. The predicted molar refractivity (Wildman–Crippen MR) is 66.0 cm³/mol. The summed E-state index contributed by atoms with van der Waals surface area (Å²) in [4.78, 5) is 0. The normalized spacial score (nSPS) is 10.1. The van der Waals surface area contributed by atoms with Gasteiger partial charge in [0, 0.05) is 6.61 Å². The van der Waals surface area contributed by atoms with E-state index >= 15 is 0 Å². The van der Waals surface area contributed by atoms with E-state index in [2.05, 4.69) is 0 Å². The zero-order valence-electron chi connectivity index (χ0n) is 10.9. The molecule has 1 rings (SSSR count). The number of ether oxygens (including phenoxy) is 4. The first-order valence-corrected chi connectivity index (χ1v) is 5.72. The van der Waals surface area contributed by atoms with Crippen molar-refractivity contribution in [1.82, 2.24) is 0 Å². The van der Waals surface area contributed by atoms with Crippen molar-refractivity contribution in [2.75, 3.05) is 27.4 Å². The van der Waals surface area contributed by atoms with Gasteiger partial charge in [-0.1, -0.05) is 0 Å². The molecule has 0 radical (unpaired) electrons. The highest BCUT2D eigenvalue weighted by Gasteiger charge is 2.13. The van der Waals surface area contributed by atoms with E-state index in [1.54, 1.807) is 14.2 Å². The summed E-state index contributed by atoms with van der Waals surface area (Å²) in [7, 11) is 3.23. The Balaban J connectivity index is 3.05. The van der Waals surface area contributed by atoms with Gasteiger partial charge in [0.15, 0.2) is 11.5 Å². The van der Waals surface area contributed by atoms with Crippen LogP contribution in [0.25, 0.3) is 0 Å². The zero-order chi connectivity index (χ0) is 12.7. The molecule has 0 aliphatic heterocycles. The van der Waals surface area contributed by atoms with Crippen molar-refractivity contribution in [3.63, 3.8) is 0 Å². The van der Waals surface area contributed by atoms with Crippen molar-refractivity contribution in [2.24, 2.45) is 0 Å². The van der Waals surface area contributed by atoms with E-state index in [0.717, 1.165) is 5.56 Å². The third-order valence-corrected chi connectivity index (χ3v) is 2.28.